The van der Waals surface area contributed by atoms with Gasteiger partial charge in [0, 0.05) is 5.41 Å². The van der Waals surface area contributed by atoms with E-state index in [1.165, 1.54) is 16.7 Å². The molecule has 0 spiro atoms. The lowest BCUT2D eigenvalue weighted by molar-refractivity contribution is -0.234. The van der Waals surface area contributed by atoms with Gasteiger partial charge >= 0.3 is 0 Å². The van der Waals surface area contributed by atoms with Crippen molar-refractivity contribution in [1.82, 2.24) is 0 Å². The first-order chi connectivity index (χ1) is 11.8. The van der Waals surface area contributed by atoms with Crippen molar-refractivity contribution < 1.29 is 14.5 Å². The van der Waals surface area contributed by atoms with Crippen molar-refractivity contribution in [3.8, 4) is 5.75 Å². The summed E-state index contributed by atoms with van der Waals surface area (Å²) < 4.78 is 5.67. The second-order valence-corrected chi connectivity index (χ2v) is 7.43. The molecular formula is C22H30O3. The molecule has 0 saturated heterocycles. The van der Waals surface area contributed by atoms with E-state index in [4.69, 9.17) is 14.5 Å². The first kappa shape index (κ1) is 19.5. The Labute approximate surface area is 151 Å². The van der Waals surface area contributed by atoms with Crippen LogP contribution in [-0.4, -0.2) is 12.2 Å². The molecule has 0 bridgehead atoms. The fraction of sp³-hybridized carbons (Fsp3) is 0.455. The zero-order valence-electron chi connectivity index (χ0n) is 16.2. The van der Waals surface area contributed by atoms with Gasteiger partial charge in [-0.25, -0.2) is 0 Å². The summed E-state index contributed by atoms with van der Waals surface area (Å²) >= 11 is 0. The molecule has 25 heavy (non-hydrogen) atoms. The van der Waals surface area contributed by atoms with Crippen molar-refractivity contribution in [1.29, 1.82) is 0 Å². The molecule has 3 nitrogen and oxygen atoms in total. The average Bonchev–Trinajstić information content (AvgIpc) is 2.59. The van der Waals surface area contributed by atoms with E-state index in [1.54, 1.807) is 0 Å². The molecule has 3 heteroatoms. The Balaban J connectivity index is 2.09. The minimum atomic E-state index is -0.0884. The standard InChI is InChI=1S/C22H30O3/c1-16(2)23-15-18-7-9-19(10-8-18)22(5,6)20-11-13-21(14-12-20)25-24-17(3)4/h7-14,16-17H,15H2,1-6H3. The highest BCUT2D eigenvalue weighted by Crippen LogP contribution is 2.32. The predicted molar refractivity (Wildman–Crippen MR) is 102 cm³/mol. The maximum absolute atomic E-state index is 5.67. The summed E-state index contributed by atoms with van der Waals surface area (Å²) in [5.74, 6) is 0.717. The zero-order valence-corrected chi connectivity index (χ0v) is 16.2. The molecule has 0 atom stereocenters. The van der Waals surface area contributed by atoms with Crippen LogP contribution in [0.1, 0.15) is 58.2 Å². The number of ether oxygens (including phenoxy) is 1. The molecule has 136 valence electrons. The van der Waals surface area contributed by atoms with E-state index in [0.717, 1.165) is 5.75 Å². The zero-order chi connectivity index (χ0) is 18.4. The lowest BCUT2D eigenvalue weighted by Crippen LogP contribution is -2.19. The van der Waals surface area contributed by atoms with Gasteiger partial charge in [0.1, 0.15) is 0 Å². The Morgan fingerprint density at radius 1 is 0.760 bits per heavy atom. The third-order valence-corrected chi connectivity index (χ3v) is 4.17. The number of rotatable bonds is 8. The Hall–Kier alpha value is -1.84. The van der Waals surface area contributed by atoms with Gasteiger partial charge in [0.05, 0.1) is 18.8 Å². The van der Waals surface area contributed by atoms with E-state index in [1.807, 2.05) is 26.0 Å². The average molecular weight is 342 g/mol. The Kier molecular flexibility index (Phi) is 6.63. The quantitative estimate of drug-likeness (QED) is 0.458. The molecule has 2 rings (SSSR count). The molecule has 0 heterocycles. The summed E-state index contributed by atoms with van der Waals surface area (Å²) in [6.45, 7) is 13.1. The van der Waals surface area contributed by atoms with Gasteiger partial charge in [0.2, 0.25) is 0 Å². The monoisotopic (exact) mass is 342 g/mol. The SMILES string of the molecule is CC(C)OCc1ccc(C(C)(C)c2ccc(OOC(C)C)cc2)cc1. The van der Waals surface area contributed by atoms with Gasteiger partial charge < -0.3 is 9.62 Å². The summed E-state index contributed by atoms with van der Waals surface area (Å²) in [5, 5.41) is 0. The van der Waals surface area contributed by atoms with Crippen LogP contribution in [-0.2, 0) is 21.6 Å². The van der Waals surface area contributed by atoms with E-state index < -0.39 is 0 Å². The van der Waals surface area contributed by atoms with Crippen LogP contribution in [0.2, 0.25) is 0 Å². The summed E-state index contributed by atoms with van der Waals surface area (Å²) in [6, 6.07) is 16.7. The summed E-state index contributed by atoms with van der Waals surface area (Å²) in [7, 11) is 0. The van der Waals surface area contributed by atoms with E-state index in [0.29, 0.717) is 6.61 Å². The van der Waals surface area contributed by atoms with E-state index in [2.05, 4.69) is 64.1 Å². The molecule has 2 aromatic rings. The number of hydrogen-bond acceptors (Lipinski definition) is 3. The van der Waals surface area contributed by atoms with Crippen LogP contribution in [0.25, 0.3) is 0 Å². The van der Waals surface area contributed by atoms with Crippen LogP contribution in [0.15, 0.2) is 48.5 Å². The minimum absolute atomic E-state index is 0.0364. The van der Waals surface area contributed by atoms with E-state index in [9.17, 15) is 0 Å². The van der Waals surface area contributed by atoms with Gasteiger partial charge in [0.15, 0.2) is 5.75 Å². The van der Waals surface area contributed by atoms with Gasteiger partial charge in [0.25, 0.3) is 0 Å². The lowest BCUT2D eigenvalue weighted by Gasteiger charge is -2.26. The van der Waals surface area contributed by atoms with Crippen molar-refractivity contribution in [3.05, 3.63) is 65.2 Å². The smallest absolute Gasteiger partial charge is 0.165 e. The Morgan fingerprint density at radius 2 is 1.28 bits per heavy atom. The largest absolute Gasteiger partial charge is 0.374 e. The van der Waals surface area contributed by atoms with Gasteiger partial charge in [-0.05, 0) is 56.5 Å². The molecule has 0 aromatic heterocycles. The third kappa shape index (κ3) is 5.58. The lowest BCUT2D eigenvalue weighted by atomic mass is 9.78. The van der Waals surface area contributed by atoms with Crippen LogP contribution in [0.4, 0.5) is 0 Å². The molecule has 0 aliphatic rings. The minimum Gasteiger partial charge on any atom is -0.374 e. The predicted octanol–water partition coefficient (Wildman–Crippen LogP) is 5.66. The van der Waals surface area contributed by atoms with Crippen LogP contribution < -0.4 is 4.89 Å². The van der Waals surface area contributed by atoms with E-state index >= 15 is 0 Å². The van der Waals surface area contributed by atoms with Gasteiger partial charge in [-0.2, -0.15) is 4.89 Å². The molecule has 0 aliphatic carbocycles. The molecular weight excluding hydrogens is 312 g/mol. The summed E-state index contributed by atoms with van der Waals surface area (Å²) in [5.41, 5.74) is 3.61. The highest BCUT2D eigenvalue weighted by molar-refractivity contribution is 5.40. The molecule has 0 N–H and O–H groups in total. The van der Waals surface area contributed by atoms with Crippen molar-refractivity contribution >= 4 is 0 Å². The van der Waals surface area contributed by atoms with Gasteiger partial charge in [-0.1, -0.05) is 50.2 Å². The molecule has 0 radical (unpaired) electrons. The summed E-state index contributed by atoms with van der Waals surface area (Å²) in [4.78, 5) is 10.5. The molecule has 0 aliphatic heterocycles. The second kappa shape index (κ2) is 8.50. The molecule has 0 fully saturated rings. The van der Waals surface area contributed by atoms with Crippen molar-refractivity contribution in [2.24, 2.45) is 0 Å². The van der Waals surface area contributed by atoms with Crippen molar-refractivity contribution in [2.45, 2.75) is 65.8 Å². The molecule has 0 unspecified atom stereocenters. The van der Waals surface area contributed by atoms with Crippen LogP contribution in [0.5, 0.6) is 5.75 Å². The normalized spacial score (nSPS) is 12.0. The van der Waals surface area contributed by atoms with Crippen molar-refractivity contribution in [2.75, 3.05) is 0 Å². The summed E-state index contributed by atoms with van der Waals surface area (Å²) in [6.07, 6.45) is 0.283. The maximum Gasteiger partial charge on any atom is 0.165 e. The van der Waals surface area contributed by atoms with E-state index in [-0.39, 0.29) is 17.6 Å². The van der Waals surface area contributed by atoms with Crippen LogP contribution in [0, 0.1) is 0 Å². The van der Waals surface area contributed by atoms with Crippen LogP contribution in [0.3, 0.4) is 0 Å². The Bertz CT molecular complexity index is 582. The Morgan fingerprint density at radius 3 is 1.76 bits per heavy atom. The van der Waals surface area contributed by atoms with Crippen LogP contribution >= 0.6 is 0 Å². The van der Waals surface area contributed by atoms with Gasteiger partial charge in [-0.3, -0.25) is 0 Å². The van der Waals surface area contributed by atoms with Gasteiger partial charge in [-0.15, -0.1) is 0 Å². The highest BCUT2D eigenvalue weighted by atomic mass is 17.2. The molecule has 0 amide bonds. The first-order valence-corrected chi connectivity index (χ1v) is 8.94. The number of hydrogen-bond donors (Lipinski definition) is 0. The number of benzene rings is 2. The maximum atomic E-state index is 5.67. The van der Waals surface area contributed by atoms with Crippen molar-refractivity contribution in [3.63, 3.8) is 0 Å². The topological polar surface area (TPSA) is 27.7 Å². The first-order valence-electron chi connectivity index (χ1n) is 8.94. The molecule has 2 aromatic carbocycles. The highest BCUT2D eigenvalue weighted by Gasteiger charge is 2.23. The third-order valence-electron chi connectivity index (χ3n) is 4.17. The molecule has 0 saturated carbocycles. The fourth-order valence-corrected chi connectivity index (χ4v) is 2.53. The fourth-order valence-electron chi connectivity index (χ4n) is 2.53. The second-order valence-electron chi connectivity index (χ2n) is 7.43.